The number of rotatable bonds is 9. The Morgan fingerprint density at radius 1 is 1.11 bits per heavy atom. The van der Waals surface area contributed by atoms with Gasteiger partial charge in [-0.1, -0.05) is 12.1 Å². The van der Waals surface area contributed by atoms with E-state index in [0.717, 1.165) is 0 Å². The summed E-state index contributed by atoms with van der Waals surface area (Å²) in [5.74, 6) is 1.12. The van der Waals surface area contributed by atoms with Crippen molar-refractivity contribution in [3.8, 4) is 23.0 Å². The van der Waals surface area contributed by atoms with Crippen LogP contribution in [0.1, 0.15) is 19.4 Å². The van der Waals surface area contributed by atoms with Crippen LogP contribution in [0.5, 0.6) is 23.0 Å². The lowest BCUT2D eigenvalue weighted by Crippen LogP contribution is -2.24. The van der Waals surface area contributed by atoms with Crippen molar-refractivity contribution in [3.05, 3.63) is 45.5 Å². The second kappa shape index (κ2) is 10.6. The predicted octanol–water partition coefficient (Wildman–Crippen LogP) is 3.32. The zero-order valence-electron chi connectivity index (χ0n) is 15.1. The minimum absolute atomic E-state index is 0.0833. The number of hydrogen-bond donors (Lipinski definition) is 2. The number of nitrogens with zero attached hydrogens (tertiary/aromatic N) is 1. The maximum atomic E-state index is 11.9. The molecule has 0 heterocycles. The first kappa shape index (κ1) is 20.8. The van der Waals surface area contributed by atoms with Gasteiger partial charge in [0.2, 0.25) is 0 Å². The number of hydrazone groups is 1. The van der Waals surface area contributed by atoms with Crippen molar-refractivity contribution < 1.29 is 24.1 Å². The predicted molar refractivity (Wildman–Crippen MR) is 111 cm³/mol. The largest absolute Gasteiger partial charge is 0.504 e. The number of aromatic hydroxyl groups is 1. The molecule has 0 fully saturated rings. The van der Waals surface area contributed by atoms with Crippen LogP contribution in [-0.4, -0.2) is 37.0 Å². The smallest absolute Gasteiger partial charge is 0.277 e. The topological polar surface area (TPSA) is 89.4 Å². The van der Waals surface area contributed by atoms with E-state index in [1.807, 2.05) is 42.5 Å². The molecule has 0 aromatic heterocycles. The molecule has 8 heteroatoms. The second-order valence-electron chi connectivity index (χ2n) is 5.24. The first-order valence-electron chi connectivity index (χ1n) is 8.37. The highest BCUT2D eigenvalue weighted by Crippen LogP contribution is 2.32. The molecule has 0 unspecified atom stereocenters. The molecule has 0 aliphatic carbocycles. The van der Waals surface area contributed by atoms with E-state index >= 15 is 0 Å². The third-order valence-electron chi connectivity index (χ3n) is 3.26. The summed E-state index contributed by atoms with van der Waals surface area (Å²) in [5, 5.41) is 13.8. The molecule has 2 rings (SSSR count). The number of para-hydroxylation sites is 2. The van der Waals surface area contributed by atoms with Crippen LogP contribution in [0.15, 0.2) is 41.5 Å². The Bertz CT molecular complexity index is 811. The minimum Gasteiger partial charge on any atom is -0.504 e. The maximum absolute atomic E-state index is 11.9. The van der Waals surface area contributed by atoms with Crippen LogP contribution >= 0.6 is 22.6 Å². The Morgan fingerprint density at radius 2 is 1.74 bits per heavy atom. The quantitative estimate of drug-likeness (QED) is 0.324. The molecule has 0 saturated carbocycles. The van der Waals surface area contributed by atoms with Crippen LogP contribution in [0.25, 0.3) is 0 Å². The maximum Gasteiger partial charge on any atom is 0.277 e. The highest BCUT2D eigenvalue weighted by Gasteiger charge is 2.09. The summed E-state index contributed by atoms with van der Waals surface area (Å²) in [6.45, 7) is 4.45. The Kier molecular flexibility index (Phi) is 8.18. The van der Waals surface area contributed by atoms with Crippen molar-refractivity contribution in [2.24, 2.45) is 5.10 Å². The molecular formula is C19H21IN2O5. The van der Waals surface area contributed by atoms with E-state index in [4.69, 9.17) is 14.2 Å². The van der Waals surface area contributed by atoms with Crippen LogP contribution in [0.2, 0.25) is 0 Å². The van der Waals surface area contributed by atoms with E-state index in [9.17, 15) is 9.90 Å². The summed E-state index contributed by atoms with van der Waals surface area (Å²) < 4.78 is 16.9. The average Bonchev–Trinajstić information content (AvgIpc) is 2.65. The molecule has 0 aliphatic rings. The number of phenols is 1. The first-order valence-corrected chi connectivity index (χ1v) is 9.44. The summed E-state index contributed by atoms with van der Waals surface area (Å²) in [5.41, 5.74) is 3.08. The van der Waals surface area contributed by atoms with Crippen molar-refractivity contribution in [1.29, 1.82) is 0 Å². The van der Waals surface area contributed by atoms with Gasteiger partial charge in [-0.05, 0) is 66.3 Å². The van der Waals surface area contributed by atoms with Crippen molar-refractivity contribution in [2.75, 3.05) is 19.8 Å². The van der Waals surface area contributed by atoms with Gasteiger partial charge >= 0.3 is 0 Å². The monoisotopic (exact) mass is 484 g/mol. The molecule has 2 aromatic rings. The van der Waals surface area contributed by atoms with Gasteiger partial charge in [-0.25, -0.2) is 5.43 Å². The number of phenolic OH excluding ortho intramolecular Hbond substituents is 1. The SMILES string of the molecule is CCOc1ccccc1OCC(=O)NN=Cc1cc(I)c(O)c(OCC)c1. The second-order valence-corrected chi connectivity index (χ2v) is 6.41. The number of ether oxygens (including phenoxy) is 3. The molecular weight excluding hydrogens is 463 g/mol. The van der Waals surface area contributed by atoms with Crippen molar-refractivity contribution in [3.63, 3.8) is 0 Å². The summed E-state index contributed by atoms with van der Waals surface area (Å²) in [6, 6.07) is 10.5. The summed E-state index contributed by atoms with van der Waals surface area (Å²) in [7, 11) is 0. The lowest BCUT2D eigenvalue weighted by atomic mass is 10.2. The van der Waals surface area contributed by atoms with Gasteiger partial charge in [0.05, 0.1) is 23.0 Å². The zero-order chi connectivity index (χ0) is 19.6. The number of nitrogens with one attached hydrogen (secondary N) is 1. The molecule has 0 aliphatic heterocycles. The third-order valence-corrected chi connectivity index (χ3v) is 4.08. The molecule has 0 bridgehead atoms. The molecule has 0 spiro atoms. The van der Waals surface area contributed by atoms with E-state index in [-0.39, 0.29) is 12.4 Å². The summed E-state index contributed by atoms with van der Waals surface area (Å²) in [4.78, 5) is 11.9. The standard InChI is InChI=1S/C19H21IN2O5/c1-3-25-15-7-5-6-8-16(15)27-12-18(23)22-21-11-13-9-14(20)19(24)17(10-13)26-4-2/h5-11,24H,3-4,12H2,1-2H3,(H,22,23). The van der Waals surface area contributed by atoms with Gasteiger partial charge in [-0.15, -0.1) is 0 Å². The van der Waals surface area contributed by atoms with Crippen LogP contribution < -0.4 is 19.6 Å². The van der Waals surface area contributed by atoms with Gasteiger partial charge in [0.25, 0.3) is 5.91 Å². The highest BCUT2D eigenvalue weighted by molar-refractivity contribution is 14.1. The molecule has 27 heavy (non-hydrogen) atoms. The first-order chi connectivity index (χ1) is 13.0. The Balaban J connectivity index is 1.92. The number of benzene rings is 2. The zero-order valence-corrected chi connectivity index (χ0v) is 17.2. The molecule has 144 valence electrons. The highest BCUT2D eigenvalue weighted by atomic mass is 127. The lowest BCUT2D eigenvalue weighted by Gasteiger charge is -2.10. The van der Waals surface area contributed by atoms with Gasteiger partial charge in [-0.3, -0.25) is 4.79 Å². The Morgan fingerprint density at radius 3 is 2.41 bits per heavy atom. The van der Waals surface area contributed by atoms with Crippen LogP contribution in [-0.2, 0) is 4.79 Å². The molecule has 0 atom stereocenters. The van der Waals surface area contributed by atoms with Crippen LogP contribution in [0.3, 0.4) is 0 Å². The van der Waals surface area contributed by atoms with Crippen LogP contribution in [0.4, 0.5) is 0 Å². The van der Waals surface area contributed by atoms with E-state index < -0.39 is 5.91 Å². The molecule has 0 radical (unpaired) electrons. The van der Waals surface area contributed by atoms with E-state index in [1.165, 1.54) is 6.21 Å². The van der Waals surface area contributed by atoms with Gasteiger partial charge < -0.3 is 19.3 Å². The van der Waals surface area contributed by atoms with E-state index in [1.54, 1.807) is 30.3 Å². The van der Waals surface area contributed by atoms with Crippen molar-refractivity contribution in [1.82, 2.24) is 5.43 Å². The van der Waals surface area contributed by atoms with E-state index in [0.29, 0.717) is 39.6 Å². The number of halogens is 1. The summed E-state index contributed by atoms with van der Waals surface area (Å²) in [6.07, 6.45) is 1.47. The Labute approximate surface area is 171 Å². The number of hydrogen-bond acceptors (Lipinski definition) is 6. The Hall–Kier alpha value is -2.49. The van der Waals surface area contributed by atoms with Gasteiger partial charge in [0.15, 0.2) is 29.6 Å². The fourth-order valence-electron chi connectivity index (χ4n) is 2.13. The van der Waals surface area contributed by atoms with Crippen LogP contribution in [0, 0.1) is 3.57 Å². The molecule has 2 aromatic carbocycles. The molecule has 7 nitrogen and oxygen atoms in total. The van der Waals surface area contributed by atoms with Gasteiger partial charge in [0.1, 0.15) is 0 Å². The minimum atomic E-state index is -0.406. The van der Waals surface area contributed by atoms with Gasteiger partial charge in [-0.2, -0.15) is 5.10 Å². The number of carbonyl (C=O) groups is 1. The number of carbonyl (C=O) groups excluding carboxylic acids is 1. The normalized spacial score (nSPS) is 10.6. The van der Waals surface area contributed by atoms with Crippen molar-refractivity contribution >= 4 is 34.7 Å². The molecule has 0 saturated heterocycles. The number of amides is 1. The molecule has 1 amide bonds. The molecule has 2 N–H and O–H groups in total. The van der Waals surface area contributed by atoms with Gasteiger partial charge in [0, 0.05) is 0 Å². The fraction of sp³-hybridized carbons (Fsp3) is 0.263. The fourth-order valence-corrected chi connectivity index (χ4v) is 2.76. The average molecular weight is 484 g/mol. The lowest BCUT2D eigenvalue weighted by molar-refractivity contribution is -0.123. The van der Waals surface area contributed by atoms with Crippen molar-refractivity contribution in [2.45, 2.75) is 13.8 Å². The van der Waals surface area contributed by atoms with E-state index in [2.05, 4.69) is 10.5 Å². The summed E-state index contributed by atoms with van der Waals surface area (Å²) >= 11 is 2.00. The third kappa shape index (κ3) is 6.31.